The Morgan fingerprint density at radius 2 is 0.757 bits per heavy atom. The average molecular weight is 525 g/mol. The van der Waals surface area contributed by atoms with Crippen molar-refractivity contribution in [1.82, 2.24) is 10.6 Å². The number of nitrogens with one attached hydrogen (secondary N) is 2. The molecular weight excluding hydrogens is 468 g/mol. The zero-order valence-electron chi connectivity index (χ0n) is 24.0. The number of carbonyl (C=O) groups is 4. The molecule has 0 aliphatic heterocycles. The molecule has 0 saturated carbocycles. The monoisotopic (exact) mass is 524 g/mol. The molecule has 0 aromatic heterocycles. The third-order valence-corrected chi connectivity index (χ3v) is 6.50. The summed E-state index contributed by atoms with van der Waals surface area (Å²) in [5, 5.41) is 5.87. The molecule has 0 bridgehead atoms. The van der Waals surface area contributed by atoms with Gasteiger partial charge in [0.05, 0.1) is 0 Å². The molecule has 0 unspecified atom stereocenters. The molecule has 7 nitrogen and oxygen atoms in total. The molecule has 0 fully saturated rings. The van der Waals surface area contributed by atoms with Crippen LogP contribution < -0.4 is 10.6 Å². The Morgan fingerprint density at radius 3 is 1.16 bits per heavy atom. The molecule has 0 saturated heterocycles. The van der Waals surface area contributed by atoms with E-state index < -0.39 is 11.9 Å². The van der Waals surface area contributed by atoms with Crippen LogP contribution in [0.4, 0.5) is 0 Å². The lowest BCUT2D eigenvalue weighted by atomic mass is 10.1. The van der Waals surface area contributed by atoms with E-state index in [-0.39, 0.29) is 24.7 Å². The van der Waals surface area contributed by atoms with E-state index in [9.17, 15) is 19.2 Å². The highest BCUT2D eigenvalue weighted by Crippen LogP contribution is 2.08. The number of esters is 2. The van der Waals surface area contributed by atoms with Gasteiger partial charge in [-0.15, -0.1) is 0 Å². The van der Waals surface area contributed by atoms with Gasteiger partial charge in [-0.2, -0.15) is 0 Å². The van der Waals surface area contributed by atoms with E-state index in [1.165, 1.54) is 51.4 Å². The minimum Gasteiger partial charge on any atom is -0.393 e. The van der Waals surface area contributed by atoms with E-state index in [1.807, 2.05) is 0 Å². The van der Waals surface area contributed by atoms with Gasteiger partial charge in [0, 0.05) is 38.8 Å². The summed E-state index contributed by atoms with van der Waals surface area (Å²) >= 11 is 0. The lowest BCUT2D eigenvalue weighted by Crippen LogP contribution is -2.24. The van der Waals surface area contributed by atoms with E-state index in [2.05, 4.69) is 24.5 Å². The quantitative estimate of drug-likeness (QED) is 0.0727. The van der Waals surface area contributed by atoms with Crippen molar-refractivity contribution in [2.75, 3.05) is 13.1 Å². The van der Waals surface area contributed by atoms with Crippen LogP contribution >= 0.6 is 0 Å². The minimum absolute atomic E-state index is 0.107. The van der Waals surface area contributed by atoms with Gasteiger partial charge in [0.2, 0.25) is 11.8 Å². The van der Waals surface area contributed by atoms with Gasteiger partial charge in [0.1, 0.15) is 0 Å². The fourth-order valence-corrected chi connectivity index (χ4v) is 4.14. The van der Waals surface area contributed by atoms with Gasteiger partial charge >= 0.3 is 11.9 Å². The molecule has 0 heterocycles. The lowest BCUT2D eigenvalue weighted by molar-refractivity contribution is -0.159. The van der Waals surface area contributed by atoms with Gasteiger partial charge in [0.15, 0.2) is 0 Å². The largest absolute Gasteiger partial charge is 0.393 e. The summed E-state index contributed by atoms with van der Waals surface area (Å²) in [7, 11) is 0. The molecule has 7 heteroatoms. The van der Waals surface area contributed by atoms with Gasteiger partial charge in [-0.25, -0.2) is 0 Å². The highest BCUT2D eigenvalue weighted by molar-refractivity contribution is 5.85. The average Bonchev–Trinajstić information content (AvgIpc) is 2.87. The van der Waals surface area contributed by atoms with Gasteiger partial charge < -0.3 is 15.4 Å². The van der Waals surface area contributed by atoms with Crippen LogP contribution in [-0.4, -0.2) is 36.8 Å². The van der Waals surface area contributed by atoms with E-state index >= 15 is 0 Å². The van der Waals surface area contributed by atoms with Crippen molar-refractivity contribution in [1.29, 1.82) is 0 Å². The maximum atomic E-state index is 11.8. The summed E-state index contributed by atoms with van der Waals surface area (Å²) in [5.41, 5.74) is 0. The standard InChI is InChI=1S/C30H56N2O5/c1-3-5-7-9-11-15-21-27(33)31-25-19-13-17-23-29(35)37-30(36)24-18-14-20-26-32-28(34)22-16-12-10-8-6-4-2/h3-26H2,1-2H3,(H,31,33)(H,32,34). The van der Waals surface area contributed by atoms with E-state index in [1.54, 1.807) is 0 Å². The molecule has 0 rings (SSSR count). The van der Waals surface area contributed by atoms with Crippen molar-refractivity contribution in [3.05, 3.63) is 0 Å². The first-order valence-electron chi connectivity index (χ1n) is 15.3. The number of ether oxygens (including phenoxy) is 1. The Morgan fingerprint density at radius 1 is 0.432 bits per heavy atom. The molecule has 2 N–H and O–H groups in total. The zero-order valence-corrected chi connectivity index (χ0v) is 24.0. The van der Waals surface area contributed by atoms with E-state index in [0.29, 0.717) is 38.8 Å². The number of rotatable bonds is 26. The fraction of sp³-hybridized carbons (Fsp3) is 0.867. The third-order valence-electron chi connectivity index (χ3n) is 6.50. The fourth-order valence-electron chi connectivity index (χ4n) is 4.14. The lowest BCUT2D eigenvalue weighted by Gasteiger charge is -2.06. The summed E-state index contributed by atoms with van der Waals surface area (Å²) in [6.45, 7) is 5.65. The second-order valence-corrected chi connectivity index (χ2v) is 10.2. The summed E-state index contributed by atoms with van der Waals surface area (Å²) in [6.07, 6.45) is 20.3. The minimum atomic E-state index is -0.473. The first-order chi connectivity index (χ1) is 18.0. The summed E-state index contributed by atoms with van der Waals surface area (Å²) in [5.74, 6) is -0.731. The number of hydrogen-bond donors (Lipinski definition) is 2. The predicted molar refractivity (Wildman–Crippen MR) is 150 cm³/mol. The molecule has 0 atom stereocenters. The van der Waals surface area contributed by atoms with Crippen LogP contribution in [-0.2, 0) is 23.9 Å². The Balaban J connectivity index is 3.49. The first kappa shape index (κ1) is 35.1. The molecule has 0 aliphatic rings. The number of amides is 2. The van der Waals surface area contributed by atoms with E-state index in [0.717, 1.165) is 51.4 Å². The second kappa shape index (κ2) is 27.1. The van der Waals surface area contributed by atoms with Crippen molar-refractivity contribution in [2.45, 2.75) is 155 Å². The number of hydrogen-bond acceptors (Lipinski definition) is 5. The van der Waals surface area contributed by atoms with Crippen LogP contribution in [0, 0.1) is 0 Å². The zero-order chi connectivity index (χ0) is 27.4. The van der Waals surface area contributed by atoms with Crippen molar-refractivity contribution in [3.63, 3.8) is 0 Å². The smallest absolute Gasteiger partial charge is 0.313 e. The molecule has 2 amide bonds. The summed E-state index contributed by atoms with van der Waals surface area (Å²) < 4.78 is 4.88. The van der Waals surface area contributed by atoms with Crippen LogP contribution in [0.5, 0.6) is 0 Å². The van der Waals surface area contributed by atoms with Crippen LogP contribution in [0.15, 0.2) is 0 Å². The predicted octanol–water partition coefficient (Wildman–Crippen LogP) is 6.91. The van der Waals surface area contributed by atoms with Crippen LogP contribution in [0.25, 0.3) is 0 Å². The maximum absolute atomic E-state index is 11.8. The van der Waals surface area contributed by atoms with Gasteiger partial charge in [0.25, 0.3) is 0 Å². The highest BCUT2D eigenvalue weighted by Gasteiger charge is 2.10. The number of unbranched alkanes of at least 4 members (excludes halogenated alkanes) is 14. The molecule has 0 aromatic rings. The van der Waals surface area contributed by atoms with Crippen LogP contribution in [0.3, 0.4) is 0 Å². The highest BCUT2D eigenvalue weighted by atomic mass is 16.6. The normalized spacial score (nSPS) is 10.8. The third kappa shape index (κ3) is 26.9. The molecule has 37 heavy (non-hydrogen) atoms. The molecule has 0 spiro atoms. The Bertz CT molecular complexity index is 545. The SMILES string of the molecule is CCCCCCCCC(=O)NCCCCCC(=O)OC(=O)CCCCCNC(=O)CCCCCCCC. The first-order valence-corrected chi connectivity index (χ1v) is 15.3. The van der Waals surface area contributed by atoms with Gasteiger partial charge in [-0.3, -0.25) is 19.2 Å². The van der Waals surface area contributed by atoms with Crippen molar-refractivity contribution in [3.8, 4) is 0 Å². The van der Waals surface area contributed by atoms with Crippen molar-refractivity contribution >= 4 is 23.8 Å². The molecule has 0 radical (unpaired) electrons. The van der Waals surface area contributed by atoms with Gasteiger partial charge in [-0.1, -0.05) is 90.9 Å². The summed E-state index contributed by atoms with van der Waals surface area (Å²) in [6, 6.07) is 0. The van der Waals surface area contributed by atoms with Crippen molar-refractivity contribution < 1.29 is 23.9 Å². The van der Waals surface area contributed by atoms with Crippen LogP contribution in [0.2, 0.25) is 0 Å². The Hall–Kier alpha value is -1.92. The Kier molecular flexibility index (Phi) is 25.7. The second-order valence-electron chi connectivity index (χ2n) is 10.2. The topological polar surface area (TPSA) is 102 Å². The summed E-state index contributed by atoms with van der Waals surface area (Å²) in [4.78, 5) is 47.2. The Labute approximate surface area is 226 Å². The van der Waals surface area contributed by atoms with Crippen LogP contribution in [0.1, 0.15) is 155 Å². The van der Waals surface area contributed by atoms with Gasteiger partial charge in [-0.05, 0) is 38.5 Å². The van der Waals surface area contributed by atoms with Crippen molar-refractivity contribution in [2.24, 2.45) is 0 Å². The molecule has 0 aliphatic carbocycles. The maximum Gasteiger partial charge on any atom is 0.313 e. The number of carbonyl (C=O) groups excluding carboxylic acids is 4. The molecular formula is C30H56N2O5. The molecule has 0 aromatic carbocycles. The van der Waals surface area contributed by atoms with E-state index in [4.69, 9.17) is 4.74 Å². The molecule has 216 valence electrons.